The molecule has 0 fully saturated rings. The highest BCUT2D eigenvalue weighted by molar-refractivity contribution is 7.22. The minimum absolute atomic E-state index is 0.0549. The lowest BCUT2D eigenvalue weighted by Gasteiger charge is -2.18. The fraction of sp³-hybridized carbons (Fsp3) is 0.174. The molecular weight excluding hydrogens is 424 g/mol. The van der Waals surface area contributed by atoms with Gasteiger partial charge in [0.05, 0.1) is 22.5 Å². The fourth-order valence-corrected chi connectivity index (χ4v) is 4.47. The predicted molar refractivity (Wildman–Crippen MR) is 124 cm³/mol. The number of fused-ring (bicyclic) bond motifs is 2. The SMILES string of the molecule is CCOc1ccc(N(C(=O)c2nc3nc(C)cc(C)n3n2)c2nc3ccccc3s2)cc1. The lowest BCUT2D eigenvalue weighted by molar-refractivity contribution is 0.0989. The van der Waals surface area contributed by atoms with Crippen molar-refractivity contribution in [2.24, 2.45) is 0 Å². The topological polar surface area (TPSA) is 85.5 Å². The van der Waals surface area contributed by atoms with Gasteiger partial charge in [-0.2, -0.15) is 4.98 Å². The second kappa shape index (κ2) is 8.01. The number of nitrogens with zero attached hydrogens (tertiary/aromatic N) is 6. The number of hydrogen-bond acceptors (Lipinski definition) is 7. The van der Waals surface area contributed by atoms with Crippen LogP contribution in [-0.2, 0) is 0 Å². The Balaban J connectivity index is 1.63. The molecule has 5 aromatic rings. The van der Waals surface area contributed by atoms with Crippen LogP contribution in [0, 0.1) is 13.8 Å². The second-order valence-electron chi connectivity index (χ2n) is 7.22. The molecule has 0 bridgehead atoms. The number of rotatable bonds is 5. The van der Waals surface area contributed by atoms with Gasteiger partial charge in [-0.15, -0.1) is 5.10 Å². The van der Waals surface area contributed by atoms with Crippen LogP contribution in [0.25, 0.3) is 16.0 Å². The van der Waals surface area contributed by atoms with E-state index in [1.165, 1.54) is 16.2 Å². The number of para-hydroxylation sites is 1. The third-order valence-electron chi connectivity index (χ3n) is 4.89. The molecule has 0 spiro atoms. The molecular formula is C23H20N6O2S. The van der Waals surface area contributed by atoms with Gasteiger partial charge in [0, 0.05) is 11.4 Å². The highest BCUT2D eigenvalue weighted by atomic mass is 32.1. The van der Waals surface area contributed by atoms with Crippen LogP contribution >= 0.6 is 11.3 Å². The second-order valence-corrected chi connectivity index (χ2v) is 8.23. The summed E-state index contributed by atoms with van der Waals surface area (Å²) >= 11 is 1.43. The zero-order valence-corrected chi connectivity index (χ0v) is 18.6. The Hall–Kier alpha value is -3.85. The molecule has 160 valence electrons. The van der Waals surface area contributed by atoms with Crippen LogP contribution in [0.3, 0.4) is 0 Å². The maximum atomic E-state index is 13.7. The molecule has 5 rings (SSSR count). The van der Waals surface area contributed by atoms with Crippen LogP contribution in [0.4, 0.5) is 10.8 Å². The van der Waals surface area contributed by atoms with Crippen LogP contribution in [0.2, 0.25) is 0 Å². The van der Waals surface area contributed by atoms with Crippen molar-refractivity contribution in [2.45, 2.75) is 20.8 Å². The average molecular weight is 445 g/mol. The number of ether oxygens (including phenoxy) is 1. The quantitative estimate of drug-likeness (QED) is 0.390. The molecule has 1 amide bonds. The van der Waals surface area contributed by atoms with Crippen molar-refractivity contribution in [1.29, 1.82) is 0 Å². The standard InChI is InChI=1S/C23H20N6O2S/c1-4-31-17-11-9-16(10-12-17)28(23-25-18-7-5-6-8-19(18)32-23)21(30)20-26-22-24-14(2)13-15(3)29(22)27-20/h5-13H,4H2,1-3H3. The van der Waals surface area contributed by atoms with E-state index in [0.717, 1.165) is 27.4 Å². The van der Waals surface area contributed by atoms with Crippen molar-refractivity contribution in [1.82, 2.24) is 24.6 Å². The molecule has 3 aromatic heterocycles. The Morgan fingerprint density at radius 2 is 1.84 bits per heavy atom. The highest BCUT2D eigenvalue weighted by Gasteiger charge is 2.27. The van der Waals surface area contributed by atoms with Crippen LogP contribution in [0.1, 0.15) is 28.9 Å². The van der Waals surface area contributed by atoms with Gasteiger partial charge in [0.25, 0.3) is 5.78 Å². The summed E-state index contributed by atoms with van der Waals surface area (Å²) in [5.41, 5.74) is 3.15. The number of anilines is 2. The zero-order chi connectivity index (χ0) is 22.2. The first-order valence-corrected chi connectivity index (χ1v) is 11.0. The average Bonchev–Trinajstić information content (AvgIpc) is 3.39. The van der Waals surface area contributed by atoms with Crippen LogP contribution in [-0.4, -0.2) is 37.1 Å². The first-order valence-electron chi connectivity index (χ1n) is 10.2. The van der Waals surface area contributed by atoms with Gasteiger partial charge < -0.3 is 4.74 Å². The number of amides is 1. The number of benzene rings is 2. The molecule has 0 unspecified atom stereocenters. The summed E-state index contributed by atoms with van der Waals surface area (Å²) in [6.07, 6.45) is 0. The van der Waals surface area contributed by atoms with Crippen molar-refractivity contribution in [3.05, 3.63) is 71.8 Å². The molecule has 0 saturated carbocycles. The number of carbonyl (C=O) groups excluding carboxylic acids is 1. The van der Waals surface area contributed by atoms with E-state index in [0.29, 0.717) is 23.2 Å². The summed E-state index contributed by atoms with van der Waals surface area (Å²) in [4.78, 5) is 28.7. The van der Waals surface area contributed by atoms with Crippen molar-refractivity contribution in [2.75, 3.05) is 11.5 Å². The number of aromatic nitrogens is 5. The molecule has 0 aliphatic rings. The number of thiazole rings is 1. The Labute approximate surface area is 188 Å². The molecule has 9 heteroatoms. The van der Waals surface area contributed by atoms with E-state index in [9.17, 15) is 4.79 Å². The van der Waals surface area contributed by atoms with Gasteiger partial charge >= 0.3 is 5.91 Å². The van der Waals surface area contributed by atoms with Crippen molar-refractivity contribution in [3.63, 3.8) is 0 Å². The molecule has 0 N–H and O–H groups in total. The monoisotopic (exact) mass is 444 g/mol. The number of aryl methyl sites for hydroxylation is 2. The molecule has 0 radical (unpaired) electrons. The zero-order valence-electron chi connectivity index (χ0n) is 17.8. The lowest BCUT2D eigenvalue weighted by atomic mass is 10.2. The van der Waals surface area contributed by atoms with Gasteiger partial charge in [0.2, 0.25) is 5.82 Å². The minimum Gasteiger partial charge on any atom is -0.494 e. The molecule has 2 aromatic carbocycles. The summed E-state index contributed by atoms with van der Waals surface area (Å²) < 4.78 is 8.12. The van der Waals surface area contributed by atoms with E-state index in [-0.39, 0.29) is 11.7 Å². The first kappa shape index (κ1) is 20.1. The summed E-state index contributed by atoms with van der Waals surface area (Å²) in [7, 11) is 0. The van der Waals surface area contributed by atoms with Crippen molar-refractivity contribution in [3.8, 4) is 5.75 Å². The fourth-order valence-electron chi connectivity index (χ4n) is 3.49. The summed E-state index contributed by atoms with van der Waals surface area (Å²) in [6.45, 7) is 6.29. The third-order valence-corrected chi connectivity index (χ3v) is 5.91. The van der Waals surface area contributed by atoms with E-state index in [2.05, 4.69) is 15.1 Å². The van der Waals surface area contributed by atoms with Gasteiger partial charge in [0.1, 0.15) is 5.75 Å². The maximum Gasteiger partial charge on any atom is 0.304 e. The molecule has 0 atom stereocenters. The van der Waals surface area contributed by atoms with Crippen LogP contribution < -0.4 is 9.64 Å². The van der Waals surface area contributed by atoms with Crippen molar-refractivity contribution >= 4 is 44.1 Å². The smallest absolute Gasteiger partial charge is 0.304 e. The molecule has 0 aliphatic heterocycles. The van der Waals surface area contributed by atoms with Gasteiger partial charge in [-0.3, -0.25) is 4.79 Å². The van der Waals surface area contributed by atoms with Crippen LogP contribution in [0.5, 0.6) is 5.75 Å². The van der Waals surface area contributed by atoms with Gasteiger partial charge in [-0.05, 0) is 63.2 Å². The van der Waals surface area contributed by atoms with E-state index in [1.807, 2.05) is 75.4 Å². The lowest BCUT2D eigenvalue weighted by Crippen LogP contribution is -2.27. The predicted octanol–water partition coefficient (Wildman–Crippen LogP) is 4.73. The summed E-state index contributed by atoms with van der Waals surface area (Å²) in [5.74, 6) is 0.797. The van der Waals surface area contributed by atoms with E-state index >= 15 is 0 Å². The Kier molecular flexibility index (Phi) is 5.02. The summed E-state index contributed by atoms with van der Waals surface area (Å²) in [5, 5.41) is 4.97. The van der Waals surface area contributed by atoms with Gasteiger partial charge in [-0.1, -0.05) is 23.5 Å². The van der Waals surface area contributed by atoms with E-state index in [1.54, 1.807) is 4.52 Å². The third kappa shape index (κ3) is 3.56. The molecule has 0 saturated heterocycles. The highest BCUT2D eigenvalue weighted by Crippen LogP contribution is 2.35. The molecule has 8 nitrogen and oxygen atoms in total. The number of hydrogen-bond donors (Lipinski definition) is 0. The van der Waals surface area contributed by atoms with Crippen molar-refractivity contribution < 1.29 is 9.53 Å². The molecule has 32 heavy (non-hydrogen) atoms. The van der Waals surface area contributed by atoms with Gasteiger partial charge in [0.15, 0.2) is 5.13 Å². The Bertz CT molecular complexity index is 1410. The molecule has 0 aliphatic carbocycles. The first-order chi connectivity index (χ1) is 15.5. The van der Waals surface area contributed by atoms with E-state index < -0.39 is 0 Å². The van der Waals surface area contributed by atoms with Gasteiger partial charge in [-0.25, -0.2) is 19.4 Å². The van der Waals surface area contributed by atoms with E-state index in [4.69, 9.17) is 9.72 Å². The normalized spacial score (nSPS) is 11.2. The summed E-state index contributed by atoms with van der Waals surface area (Å²) in [6, 6.07) is 17.0. The van der Waals surface area contributed by atoms with Crippen LogP contribution in [0.15, 0.2) is 54.6 Å². The molecule has 3 heterocycles. The minimum atomic E-state index is -0.379. The Morgan fingerprint density at radius 3 is 2.59 bits per heavy atom. The number of carbonyl (C=O) groups is 1. The largest absolute Gasteiger partial charge is 0.494 e. The maximum absolute atomic E-state index is 13.7. The Morgan fingerprint density at radius 1 is 1.06 bits per heavy atom.